The lowest BCUT2D eigenvalue weighted by atomic mass is 9.90. The first-order valence-electron chi connectivity index (χ1n) is 6.71. The Labute approximate surface area is 103 Å². The number of hydrogen-bond acceptors (Lipinski definition) is 3. The molecule has 4 nitrogen and oxygen atoms in total. The Morgan fingerprint density at radius 3 is 2.88 bits per heavy atom. The largest absolute Gasteiger partial charge is 0.481 e. The van der Waals surface area contributed by atoms with Gasteiger partial charge in [-0.3, -0.25) is 4.79 Å². The third-order valence-corrected chi connectivity index (χ3v) is 4.11. The number of carboxylic acids is 1. The molecule has 0 aromatic rings. The van der Waals surface area contributed by atoms with Crippen molar-refractivity contribution < 1.29 is 14.6 Å². The second-order valence-corrected chi connectivity index (χ2v) is 5.49. The van der Waals surface area contributed by atoms with E-state index in [-0.39, 0.29) is 5.92 Å². The number of carboxylic acid groups (broad SMARTS) is 1. The van der Waals surface area contributed by atoms with E-state index < -0.39 is 5.97 Å². The summed E-state index contributed by atoms with van der Waals surface area (Å²) < 4.78 is 5.50. The van der Waals surface area contributed by atoms with Crippen LogP contribution in [0, 0.1) is 11.8 Å². The van der Waals surface area contributed by atoms with Crippen molar-refractivity contribution in [3.8, 4) is 0 Å². The van der Waals surface area contributed by atoms with Crippen LogP contribution in [0.15, 0.2) is 0 Å². The lowest BCUT2D eigenvalue weighted by molar-refractivity contribution is -0.144. The topological polar surface area (TPSA) is 49.8 Å². The monoisotopic (exact) mass is 241 g/mol. The third kappa shape index (κ3) is 3.42. The molecule has 3 unspecified atom stereocenters. The number of ether oxygens (including phenoxy) is 1. The van der Waals surface area contributed by atoms with Crippen molar-refractivity contribution in [1.82, 2.24) is 4.90 Å². The van der Waals surface area contributed by atoms with Gasteiger partial charge in [-0.2, -0.15) is 0 Å². The maximum atomic E-state index is 11.0. The zero-order valence-electron chi connectivity index (χ0n) is 10.6. The van der Waals surface area contributed by atoms with Crippen LogP contribution in [0.1, 0.15) is 32.6 Å². The minimum Gasteiger partial charge on any atom is -0.481 e. The summed E-state index contributed by atoms with van der Waals surface area (Å²) in [6.07, 6.45) is 4.02. The molecule has 2 aliphatic rings. The average molecular weight is 241 g/mol. The first-order chi connectivity index (χ1) is 8.16. The van der Waals surface area contributed by atoms with E-state index in [1.165, 1.54) is 12.8 Å². The van der Waals surface area contributed by atoms with Crippen LogP contribution >= 0.6 is 0 Å². The highest BCUT2D eigenvalue weighted by Gasteiger charge is 2.31. The van der Waals surface area contributed by atoms with E-state index in [0.717, 1.165) is 39.1 Å². The number of piperidine rings is 1. The number of carbonyl (C=O) groups is 1. The van der Waals surface area contributed by atoms with Gasteiger partial charge in [-0.15, -0.1) is 0 Å². The lowest BCUT2D eigenvalue weighted by Gasteiger charge is -2.39. The van der Waals surface area contributed by atoms with Crippen LogP contribution in [0.3, 0.4) is 0 Å². The first kappa shape index (κ1) is 12.8. The molecule has 2 heterocycles. The Morgan fingerprint density at radius 2 is 2.29 bits per heavy atom. The van der Waals surface area contributed by atoms with Crippen LogP contribution in [-0.2, 0) is 9.53 Å². The minimum absolute atomic E-state index is 0.135. The van der Waals surface area contributed by atoms with E-state index in [1.54, 1.807) is 0 Å². The van der Waals surface area contributed by atoms with Gasteiger partial charge in [-0.25, -0.2) is 0 Å². The van der Waals surface area contributed by atoms with Gasteiger partial charge in [0.15, 0.2) is 0 Å². The van der Waals surface area contributed by atoms with E-state index >= 15 is 0 Å². The molecule has 17 heavy (non-hydrogen) atoms. The van der Waals surface area contributed by atoms with E-state index in [0.29, 0.717) is 12.0 Å². The summed E-state index contributed by atoms with van der Waals surface area (Å²) in [6, 6.07) is 0.395. The lowest BCUT2D eigenvalue weighted by Crippen LogP contribution is -2.45. The van der Waals surface area contributed by atoms with E-state index in [9.17, 15) is 4.79 Å². The summed E-state index contributed by atoms with van der Waals surface area (Å²) in [6.45, 7) is 5.94. The molecule has 2 rings (SSSR count). The number of nitrogens with zero attached hydrogens (tertiary/aromatic N) is 1. The number of aliphatic carboxylic acids is 1. The fourth-order valence-electron chi connectivity index (χ4n) is 3.00. The predicted molar refractivity (Wildman–Crippen MR) is 64.9 cm³/mol. The average Bonchev–Trinajstić information content (AvgIpc) is 2.33. The van der Waals surface area contributed by atoms with Gasteiger partial charge in [0.1, 0.15) is 0 Å². The third-order valence-electron chi connectivity index (χ3n) is 4.11. The van der Waals surface area contributed by atoms with Gasteiger partial charge in [-0.05, 0) is 45.1 Å². The molecule has 98 valence electrons. The second-order valence-electron chi connectivity index (χ2n) is 5.49. The molecule has 0 spiro atoms. The highest BCUT2D eigenvalue weighted by atomic mass is 16.5. The van der Waals surface area contributed by atoms with Crippen molar-refractivity contribution in [2.45, 2.75) is 38.6 Å². The Morgan fingerprint density at radius 1 is 1.47 bits per heavy atom. The van der Waals surface area contributed by atoms with Crippen LogP contribution < -0.4 is 0 Å². The first-order valence-corrected chi connectivity index (χ1v) is 6.71. The summed E-state index contributed by atoms with van der Waals surface area (Å²) in [5.41, 5.74) is 0. The number of hydrogen-bond donors (Lipinski definition) is 1. The molecular weight excluding hydrogens is 218 g/mol. The molecule has 0 aliphatic carbocycles. The summed E-state index contributed by atoms with van der Waals surface area (Å²) in [4.78, 5) is 13.4. The van der Waals surface area contributed by atoms with Crippen molar-refractivity contribution in [2.75, 3.05) is 26.3 Å². The van der Waals surface area contributed by atoms with Crippen molar-refractivity contribution in [2.24, 2.45) is 11.8 Å². The molecule has 2 saturated heterocycles. The Balaban J connectivity index is 1.80. The molecule has 2 fully saturated rings. The smallest absolute Gasteiger partial charge is 0.306 e. The molecule has 1 N–H and O–H groups in total. The zero-order chi connectivity index (χ0) is 12.3. The molecule has 2 aliphatic heterocycles. The highest BCUT2D eigenvalue weighted by molar-refractivity contribution is 5.70. The van der Waals surface area contributed by atoms with E-state index in [2.05, 4.69) is 11.8 Å². The van der Waals surface area contributed by atoms with E-state index in [4.69, 9.17) is 9.84 Å². The zero-order valence-corrected chi connectivity index (χ0v) is 10.6. The van der Waals surface area contributed by atoms with Gasteiger partial charge in [0, 0.05) is 19.2 Å². The fraction of sp³-hybridized carbons (Fsp3) is 0.923. The maximum absolute atomic E-state index is 11.0. The molecule has 3 atom stereocenters. The van der Waals surface area contributed by atoms with Crippen LogP contribution in [-0.4, -0.2) is 48.3 Å². The standard InChI is InChI=1S/C13H23NO3/c1-10-7-12(13(15)16)4-5-14(10)8-11-3-2-6-17-9-11/h10-12H,2-9H2,1H3,(H,15,16). The number of rotatable bonds is 3. The minimum atomic E-state index is -0.627. The molecule has 0 amide bonds. The molecule has 0 aromatic heterocycles. The van der Waals surface area contributed by atoms with Crippen molar-refractivity contribution >= 4 is 5.97 Å². The fourth-order valence-corrected chi connectivity index (χ4v) is 3.00. The summed E-state index contributed by atoms with van der Waals surface area (Å²) in [5, 5.41) is 9.03. The van der Waals surface area contributed by atoms with E-state index in [1.807, 2.05) is 0 Å². The Kier molecular flexibility index (Phi) is 4.40. The van der Waals surface area contributed by atoms with Crippen LogP contribution in [0.5, 0.6) is 0 Å². The summed E-state index contributed by atoms with van der Waals surface area (Å²) in [7, 11) is 0. The normalized spacial score (nSPS) is 35.7. The Bertz CT molecular complexity index is 263. The van der Waals surface area contributed by atoms with Gasteiger partial charge in [0.2, 0.25) is 0 Å². The Hall–Kier alpha value is -0.610. The maximum Gasteiger partial charge on any atom is 0.306 e. The molecule has 0 saturated carbocycles. The molecule has 4 heteroatoms. The van der Waals surface area contributed by atoms with Gasteiger partial charge in [0.25, 0.3) is 0 Å². The van der Waals surface area contributed by atoms with Gasteiger partial charge < -0.3 is 14.7 Å². The van der Waals surface area contributed by atoms with Gasteiger partial charge in [-0.1, -0.05) is 0 Å². The molecule has 0 bridgehead atoms. The number of likely N-dealkylation sites (tertiary alicyclic amines) is 1. The van der Waals surface area contributed by atoms with Crippen LogP contribution in [0.2, 0.25) is 0 Å². The summed E-state index contributed by atoms with van der Waals surface area (Å²) >= 11 is 0. The summed E-state index contributed by atoms with van der Waals surface area (Å²) in [5.74, 6) is -0.117. The van der Waals surface area contributed by atoms with Crippen molar-refractivity contribution in [3.05, 3.63) is 0 Å². The molecule has 0 radical (unpaired) electrons. The van der Waals surface area contributed by atoms with Crippen molar-refractivity contribution in [1.29, 1.82) is 0 Å². The quantitative estimate of drug-likeness (QED) is 0.815. The SMILES string of the molecule is CC1CC(C(=O)O)CCN1CC1CCCOC1. The predicted octanol–water partition coefficient (Wildman–Crippen LogP) is 1.60. The highest BCUT2D eigenvalue weighted by Crippen LogP contribution is 2.25. The van der Waals surface area contributed by atoms with Gasteiger partial charge >= 0.3 is 5.97 Å². The van der Waals surface area contributed by atoms with Crippen LogP contribution in [0.4, 0.5) is 0 Å². The van der Waals surface area contributed by atoms with Crippen LogP contribution in [0.25, 0.3) is 0 Å². The van der Waals surface area contributed by atoms with Gasteiger partial charge in [0.05, 0.1) is 12.5 Å². The molecular formula is C13H23NO3. The second kappa shape index (κ2) is 5.83. The van der Waals surface area contributed by atoms with Crippen molar-refractivity contribution in [3.63, 3.8) is 0 Å². The molecule has 0 aromatic carbocycles.